The summed E-state index contributed by atoms with van der Waals surface area (Å²) in [5, 5.41) is 0.307. The van der Waals surface area contributed by atoms with E-state index in [2.05, 4.69) is 45.2 Å². The highest BCUT2D eigenvalue weighted by Crippen LogP contribution is 2.38. The number of carbonyl (C=O) groups is 2. The Hall–Kier alpha value is -1.76. The number of amides is 2. The van der Waals surface area contributed by atoms with Crippen LogP contribution in [0.1, 0.15) is 23.6 Å². The van der Waals surface area contributed by atoms with Crippen molar-refractivity contribution < 1.29 is 19.1 Å². The van der Waals surface area contributed by atoms with Crippen LogP contribution >= 0.6 is 68.5 Å². The van der Waals surface area contributed by atoms with Crippen molar-refractivity contribution in [3.63, 3.8) is 0 Å². The molecule has 180 valence electrons. The summed E-state index contributed by atoms with van der Waals surface area (Å²) >= 11 is 11.3. The van der Waals surface area contributed by atoms with E-state index in [0.29, 0.717) is 34.6 Å². The van der Waals surface area contributed by atoms with E-state index < -0.39 is 0 Å². The second kappa shape index (κ2) is 12.0. The predicted octanol–water partition coefficient (Wildman–Crippen LogP) is 7.76. The molecule has 1 aliphatic rings. The fourth-order valence-electron chi connectivity index (χ4n) is 3.37. The van der Waals surface area contributed by atoms with Gasteiger partial charge >= 0.3 is 0 Å². The summed E-state index contributed by atoms with van der Waals surface area (Å²) < 4.78 is 14.0. The van der Waals surface area contributed by atoms with Gasteiger partial charge in [0, 0.05) is 8.59 Å². The molecular formula is C26H20ClI2NO4S. The first-order valence-electron chi connectivity index (χ1n) is 10.7. The molecule has 3 aromatic carbocycles. The van der Waals surface area contributed by atoms with Crippen molar-refractivity contribution in [1.82, 2.24) is 4.90 Å². The van der Waals surface area contributed by atoms with Gasteiger partial charge in [-0.15, -0.1) is 0 Å². The first kappa shape index (κ1) is 26.3. The van der Waals surface area contributed by atoms with Crippen LogP contribution in [-0.4, -0.2) is 22.7 Å². The molecule has 9 heteroatoms. The maximum Gasteiger partial charge on any atom is 0.293 e. The average Bonchev–Trinajstić information content (AvgIpc) is 3.08. The van der Waals surface area contributed by atoms with Gasteiger partial charge in [0.15, 0.2) is 11.5 Å². The number of hydrogen-bond acceptors (Lipinski definition) is 5. The Bertz CT molecular complexity index is 1280. The first-order valence-corrected chi connectivity index (χ1v) is 14.0. The Balaban J connectivity index is 1.54. The molecule has 0 spiro atoms. The number of ether oxygens (including phenoxy) is 2. The van der Waals surface area contributed by atoms with Gasteiger partial charge in [0.05, 0.1) is 21.6 Å². The summed E-state index contributed by atoms with van der Waals surface area (Å²) in [6.45, 7) is 2.99. The molecule has 0 radical (unpaired) electrons. The van der Waals surface area contributed by atoms with E-state index in [-0.39, 0.29) is 17.7 Å². The van der Waals surface area contributed by atoms with E-state index in [4.69, 9.17) is 21.1 Å². The SMILES string of the molecule is CCOc1cc(/C=C2/SC(=O)N(Cc3ccc(Cl)cc3)C2=O)cc(I)c1OCc1ccc(I)cc1. The Morgan fingerprint density at radius 2 is 1.66 bits per heavy atom. The summed E-state index contributed by atoms with van der Waals surface area (Å²) in [5.74, 6) is 0.928. The highest BCUT2D eigenvalue weighted by atomic mass is 127. The third-order valence-electron chi connectivity index (χ3n) is 5.05. The van der Waals surface area contributed by atoms with Gasteiger partial charge in [0.25, 0.3) is 11.1 Å². The van der Waals surface area contributed by atoms with Crippen LogP contribution in [0.2, 0.25) is 5.02 Å². The van der Waals surface area contributed by atoms with Crippen molar-refractivity contribution in [2.75, 3.05) is 6.61 Å². The van der Waals surface area contributed by atoms with Crippen LogP contribution < -0.4 is 9.47 Å². The topological polar surface area (TPSA) is 55.8 Å². The lowest BCUT2D eigenvalue weighted by atomic mass is 10.1. The van der Waals surface area contributed by atoms with Crippen molar-refractivity contribution in [2.45, 2.75) is 20.1 Å². The van der Waals surface area contributed by atoms with E-state index in [0.717, 1.165) is 35.6 Å². The van der Waals surface area contributed by atoms with Crippen molar-refractivity contribution in [1.29, 1.82) is 0 Å². The molecule has 1 saturated heterocycles. The van der Waals surface area contributed by atoms with E-state index in [1.807, 2.05) is 43.3 Å². The zero-order valence-electron chi connectivity index (χ0n) is 18.6. The highest BCUT2D eigenvalue weighted by Gasteiger charge is 2.35. The van der Waals surface area contributed by atoms with Gasteiger partial charge < -0.3 is 9.47 Å². The smallest absolute Gasteiger partial charge is 0.293 e. The number of halogens is 3. The van der Waals surface area contributed by atoms with E-state index in [1.165, 1.54) is 4.90 Å². The molecule has 5 nitrogen and oxygen atoms in total. The lowest BCUT2D eigenvalue weighted by Gasteiger charge is -2.15. The normalized spacial score (nSPS) is 14.6. The molecule has 0 aromatic heterocycles. The maximum atomic E-state index is 13.0. The fourth-order valence-corrected chi connectivity index (χ4v) is 5.48. The van der Waals surface area contributed by atoms with E-state index in [1.54, 1.807) is 30.3 Å². The minimum Gasteiger partial charge on any atom is -0.490 e. The summed E-state index contributed by atoms with van der Waals surface area (Å²) in [5.41, 5.74) is 2.65. The van der Waals surface area contributed by atoms with Crippen LogP contribution in [0.25, 0.3) is 6.08 Å². The minimum atomic E-state index is -0.318. The van der Waals surface area contributed by atoms with Crippen LogP contribution in [0.3, 0.4) is 0 Å². The number of carbonyl (C=O) groups excluding carboxylic acids is 2. The molecule has 0 N–H and O–H groups in total. The zero-order valence-corrected chi connectivity index (χ0v) is 24.5. The molecule has 0 bridgehead atoms. The Kier molecular flexibility index (Phi) is 9.01. The molecule has 1 fully saturated rings. The molecule has 1 aliphatic heterocycles. The second-order valence-electron chi connectivity index (χ2n) is 7.57. The summed E-state index contributed by atoms with van der Waals surface area (Å²) in [4.78, 5) is 27.1. The Labute approximate surface area is 240 Å². The van der Waals surface area contributed by atoms with Crippen molar-refractivity contribution in [3.05, 3.63) is 94.4 Å². The number of rotatable bonds is 8. The van der Waals surface area contributed by atoms with Crippen LogP contribution in [0.4, 0.5) is 4.79 Å². The third-order valence-corrected chi connectivity index (χ3v) is 7.73. The predicted molar refractivity (Wildman–Crippen MR) is 157 cm³/mol. The van der Waals surface area contributed by atoms with Gasteiger partial charge in [-0.05, 0) is 123 Å². The summed E-state index contributed by atoms with van der Waals surface area (Å²) in [6.07, 6.45) is 1.72. The number of imide groups is 1. The molecule has 35 heavy (non-hydrogen) atoms. The lowest BCUT2D eigenvalue weighted by Crippen LogP contribution is -2.27. The number of benzene rings is 3. The summed E-state index contributed by atoms with van der Waals surface area (Å²) in [7, 11) is 0. The van der Waals surface area contributed by atoms with Crippen molar-refractivity contribution in [2.24, 2.45) is 0 Å². The van der Waals surface area contributed by atoms with E-state index in [9.17, 15) is 9.59 Å². The van der Waals surface area contributed by atoms with Gasteiger partial charge in [0.1, 0.15) is 6.61 Å². The molecule has 2 amide bonds. The fraction of sp³-hybridized carbons (Fsp3) is 0.154. The number of thioether (sulfide) groups is 1. The molecule has 0 saturated carbocycles. The van der Waals surface area contributed by atoms with Crippen molar-refractivity contribution in [3.8, 4) is 11.5 Å². The Morgan fingerprint density at radius 3 is 2.34 bits per heavy atom. The first-order chi connectivity index (χ1) is 16.8. The van der Waals surface area contributed by atoms with E-state index >= 15 is 0 Å². The Morgan fingerprint density at radius 1 is 0.971 bits per heavy atom. The monoisotopic (exact) mass is 731 g/mol. The standard InChI is InChI=1S/C26H20ClI2NO4S/c1-2-33-22-12-18(11-21(29)24(22)34-15-17-5-9-20(28)10-6-17)13-23-25(31)30(26(32)35-23)14-16-3-7-19(27)8-4-16/h3-13H,2,14-15H2,1H3/b23-13+. The molecule has 0 aliphatic carbocycles. The third kappa shape index (κ3) is 6.72. The zero-order chi connectivity index (χ0) is 24.9. The quantitative estimate of drug-likeness (QED) is 0.175. The van der Waals surface area contributed by atoms with Gasteiger partial charge in [0.2, 0.25) is 0 Å². The van der Waals surface area contributed by atoms with Crippen molar-refractivity contribution >= 4 is 85.8 Å². The van der Waals surface area contributed by atoms with Gasteiger partial charge in [-0.1, -0.05) is 35.9 Å². The number of nitrogens with zero attached hydrogens (tertiary/aromatic N) is 1. The molecule has 1 heterocycles. The van der Waals surface area contributed by atoms with Gasteiger partial charge in [-0.3, -0.25) is 14.5 Å². The average molecular weight is 732 g/mol. The summed E-state index contributed by atoms with van der Waals surface area (Å²) in [6, 6.07) is 19.0. The number of hydrogen-bond donors (Lipinski definition) is 0. The van der Waals surface area contributed by atoms with Crippen LogP contribution in [0.15, 0.2) is 65.6 Å². The van der Waals surface area contributed by atoms with Crippen LogP contribution in [-0.2, 0) is 17.9 Å². The molecule has 3 aromatic rings. The molecular weight excluding hydrogens is 712 g/mol. The molecule has 0 atom stereocenters. The van der Waals surface area contributed by atoms with Crippen LogP contribution in [0.5, 0.6) is 11.5 Å². The largest absolute Gasteiger partial charge is 0.490 e. The lowest BCUT2D eigenvalue weighted by molar-refractivity contribution is -0.123. The van der Waals surface area contributed by atoms with Gasteiger partial charge in [-0.2, -0.15) is 0 Å². The van der Waals surface area contributed by atoms with Crippen LogP contribution in [0, 0.1) is 7.14 Å². The van der Waals surface area contributed by atoms with Gasteiger partial charge in [-0.25, -0.2) is 0 Å². The maximum absolute atomic E-state index is 13.0. The minimum absolute atomic E-state index is 0.201. The highest BCUT2D eigenvalue weighted by molar-refractivity contribution is 14.1. The molecule has 0 unspecified atom stereocenters. The second-order valence-corrected chi connectivity index (χ2v) is 11.4. The molecule has 4 rings (SSSR count).